The number of nitrogens with zero attached hydrogens (tertiary/aromatic N) is 2. The number of para-hydroxylation sites is 1. The molecule has 1 aliphatic carbocycles. The van der Waals surface area contributed by atoms with Gasteiger partial charge in [-0.1, -0.05) is 25.1 Å². The van der Waals surface area contributed by atoms with Crippen LogP contribution in [0.15, 0.2) is 24.3 Å². The molecule has 5 fully saturated rings. The Hall–Kier alpha value is -1.10. The van der Waals surface area contributed by atoms with E-state index in [2.05, 4.69) is 48.0 Å². The lowest BCUT2D eigenvalue weighted by atomic mass is 9.62. The van der Waals surface area contributed by atoms with Crippen molar-refractivity contribution in [2.75, 3.05) is 11.9 Å². The van der Waals surface area contributed by atoms with E-state index in [1.807, 2.05) is 0 Å². The van der Waals surface area contributed by atoms with Crippen LogP contribution in [-0.2, 0) is 5.41 Å². The Labute approximate surface area is 143 Å². The first-order chi connectivity index (χ1) is 11.6. The molecule has 4 saturated heterocycles. The van der Waals surface area contributed by atoms with Crippen LogP contribution >= 0.6 is 0 Å². The Morgan fingerprint density at radius 3 is 2.79 bits per heavy atom. The second-order valence-corrected chi connectivity index (χ2v) is 8.81. The van der Waals surface area contributed by atoms with Crippen molar-refractivity contribution in [2.24, 2.45) is 17.8 Å². The molecule has 4 nitrogen and oxygen atoms in total. The fraction of sp³-hybridized carbons (Fsp3) is 0.700. The van der Waals surface area contributed by atoms with Gasteiger partial charge in [0.25, 0.3) is 0 Å². The van der Waals surface area contributed by atoms with E-state index in [1.54, 1.807) is 0 Å². The van der Waals surface area contributed by atoms with Crippen LogP contribution in [0.4, 0.5) is 5.69 Å². The van der Waals surface area contributed by atoms with E-state index in [4.69, 9.17) is 0 Å². The van der Waals surface area contributed by atoms with Gasteiger partial charge < -0.3 is 15.1 Å². The van der Waals surface area contributed by atoms with Gasteiger partial charge in [0, 0.05) is 42.1 Å². The largest absolute Gasteiger partial charge is 0.392 e. The number of aliphatic hydroxyl groups is 2. The quantitative estimate of drug-likeness (QED) is 0.822. The summed E-state index contributed by atoms with van der Waals surface area (Å²) in [5, 5.41) is 22.6. The summed E-state index contributed by atoms with van der Waals surface area (Å²) in [5.41, 5.74) is 2.51. The molecule has 1 aromatic rings. The van der Waals surface area contributed by atoms with Gasteiger partial charge in [-0.25, -0.2) is 0 Å². The fourth-order valence-corrected chi connectivity index (χ4v) is 7.88. The minimum Gasteiger partial charge on any atom is -0.392 e. The van der Waals surface area contributed by atoms with Crippen molar-refractivity contribution in [3.8, 4) is 0 Å². The Kier molecular flexibility index (Phi) is 2.45. The van der Waals surface area contributed by atoms with Crippen molar-refractivity contribution in [1.82, 2.24) is 4.90 Å². The second kappa shape index (κ2) is 4.17. The van der Waals surface area contributed by atoms with Gasteiger partial charge >= 0.3 is 0 Å². The van der Waals surface area contributed by atoms with Gasteiger partial charge in [0.1, 0.15) is 6.23 Å². The first-order valence-corrected chi connectivity index (χ1v) is 9.57. The second-order valence-electron chi connectivity index (χ2n) is 8.81. The highest BCUT2D eigenvalue weighted by Gasteiger charge is 2.76. The van der Waals surface area contributed by atoms with Gasteiger partial charge in [-0.2, -0.15) is 0 Å². The summed E-state index contributed by atoms with van der Waals surface area (Å²) in [5.74, 6) is 1.14. The molecule has 7 rings (SSSR count). The highest BCUT2D eigenvalue weighted by Crippen LogP contribution is 2.68. The van der Waals surface area contributed by atoms with Crippen LogP contribution in [0.25, 0.3) is 0 Å². The number of hydrogen-bond acceptors (Lipinski definition) is 4. The lowest BCUT2D eigenvalue weighted by Gasteiger charge is -2.62. The van der Waals surface area contributed by atoms with E-state index < -0.39 is 0 Å². The summed E-state index contributed by atoms with van der Waals surface area (Å²) < 4.78 is 0. The number of anilines is 1. The van der Waals surface area contributed by atoms with E-state index in [0.717, 1.165) is 19.3 Å². The van der Waals surface area contributed by atoms with E-state index in [0.29, 0.717) is 35.9 Å². The first kappa shape index (κ1) is 14.1. The van der Waals surface area contributed by atoms with E-state index in [1.165, 1.54) is 11.3 Å². The third-order valence-electron chi connectivity index (χ3n) is 8.46. The first-order valence-electron chi connectivity index (χ1n) is 9.57. The SMILES string of the molecule is CC[C@H]1[C@@H]2C[C@H]3C4N(C)c5ccccc5[C@]45C[C@@H](C2C5O)N3[C@@H]1O. The number of benzene rings is 1. The average molecular weight is 326 g/mol. The third-order valence-corrected chi connectivity index (χ3v) is 8.46. The van der Waals surface area contributed by atoms with Crippen LogP contribution in [0.1, 0.15) is 31.7 Å². The summed E-state index contributed by atoms with van der Waals surface area (Å²) in [7, 11) is 2.19. The highest BCUT2D eigenvalue weighted by molar-refractivity contribution is 5.67. The Bertz CT molecular complexity index is 723. The van der Waals surface area contributed by atoms with Crippen LogP contribution in [0.2, 0.25) is 0 Å². The van der Waals surface area contributed by atoms with E-state index in [-0.39, 0.29) is 17.7 Å². The van der Waals surface area contributed by atoms with Crippen molar-refractivity contribution in [3.63, 3.8) is 0 Å². The van der Waals surface area contributed by atoms with Crippen molar-refractivity contribution in [2.45, 2.75) is 62.1 Å². The fourth-order valence-electron chi connectivity index (χ4n) is 7.88. The molecule has 5 bridgehead atoms. The minimum absolute atomic E-state index is 0.126. The topological polar surface area (TPSA) is 46.9 Å². The van der Waals surface area contributed by atoms with Crippen molar-refractivity contribution >= 4 is 5.69 Å². The molecular weight excluding hydrogens is 300 g/mol. The third kappa shape index (κ3) is 1.20. The summed E-state index contributed by atoms with van der Waals surface area (Å²) in [6.45, 7) is 2.19. The van der Waals surface area contributed by atoms with Gasteiger partial charge in [-0.15, -0.1) is 0 Å². The summed E-state index contributed by atoms with van der Waals surface area (Å²) >= 11 is 0. The average Bonchev–Trinajstić information content (AvgIpc) is 2.97. The van der Waals surface area contributed by atoms with Crippen LogP contribution < -0.4 is 4.90 Å². The molecule has 4 heteroatoms. The molecule has 0 radical (unpaired) electrons. The number of aliphatic hydroxyl groups excluding tert-OH is 2. The summed E-state index contributed by atoms with van der Waals surface area (Å²) in [4.78, 5) is 4.83. The van der Waals surface area contributed by atoms with Crippen molar-refractivity contribution in [1.29, 1.82) is 0 Å². The zero-order chi connectivity index (χ0) is 16.4. The molecule has 1 aromatic carbocycles. The predicted molar refractivity (Wildman–Crippen MR) is 91.7 cm³/mol. The molecule has 5 aliphatic heterocycles. The monoisotopic (exact) mass is 326 g/mol. The maximum atomic E-state index is 11.6. The zero-order valence-electron chi connectivity index (χ0n) is 14.3. The molecule has 24 heavy (non-hydrogen) atoms. The Morgan fingerprint density at radius 2 is 2.00 bits per heavy atom. The van der Waals surface area contributed by atoms with Crippen LogP contribution in [0.5, 0.6) is 0 Å². The van der Waals surface area contributed by atoms with Gasteiger partial charge in [0.05, 0.1) is 12.1 Å². The number of hydrogen-bond donors (Lipinski definition) is 2. The van der Waals surface area contributed by atoms with Gasteiger partial charge in [0.15, 0.2) is 0 Å². The maximum absolute atomic E-state index is 11.6. The number of fused-ring (bicyclic) bond motifs is 2. The van der Waals surface area contributed by atoms with Gasteiger partial charge in [-0.3, -0.25) is 4.90 Å². The van der Waals surface area contributed by atoms with E-state index in [9.17, 15) is 10.2 Å². The molecule has 10 atom stereocenters. The molecule has 6 aliphatic rings. The predicted octanol–water partition coefficient (Wildman–Crippen LogP) is 1.55. The Balaban J connectivity index is 1.60. The van der Waals surface area contributed by atoms with Crippen molar-refractivity contribution in [3.05, 3.63) is 29.8 Å². The molecule has 2 N–H and O–H groups in total. The molecule has 0 aromatic heterocycles. The van der Waals surface area contributed by atoms with Crippen LogP contribution in [0.3, 0.4) is 0 Å². The molecular formula is C20H26N2O2. The Morgan fingerprint density at radius 1 is 1.21 bits per heavy atom. The molecule has 1 spiro atoms. The smallest absolute Gasteiger partial charge is 0.111 e. The van der Waals surface area contributed by atoms with Gasteiger partial charge in [0.2, 0.25) is 0 Å². The summed E-state index contributed by atoms with van der Waals surface area (Å²) in [6.07, 6.45) is 2.56. The molecule has 128 valence electrons. The molecule has 0 amide bonds. The van der Waals surface area contributed by atoms with E-state index >= 15 is 0 Å². The number of rotatable bonds is 1. The van der Waals surface area contributed by atoms with Crippen LogP contribution in [-0.4, -0.2) is 52.6 Å². The normalized spacial score (nSPS) is 55.8. The lowest BCUT2D eigenvalue weighted by Crippen LogP contribution is -2.72. The number of piperidine rings is 4. The lowest BCUT2D eigenvalue weighted by molar-refractivity contribution is -0.211. The minimum atomic E-state index is -0.319. The molecule has 5 heterocycles. The zero-order valence-corrected chi connectivity index (χ0v) is 14.3. The highest BCUT2D eigenvalue weighted by atomic mass is 16.3. The van der Waals surface area contributed by atoms with Crippen molar-refractivity contribution < 1.29 is 10.2 Å². The van der Waals surface area contributed by atoms with Gasteiger partial charge in [-0.05, 0) is 36.8 Å². The standard InChI is InChI=1S/C20H26N2O2/c1-3-10-11-8-14-17-20(12-6-4-5-7-13(12)21(17)2)9-15(16(11)18(20)23)22(14)19(10)24/h4-7,10-11,14-19,23-24H,3,8-9H2,1-2H3/t10-,11-,14-,15-,16?,17?,18?,19+,20+/m0/s1. The summed E-state index contributed by atoms with van der Waals surface area (Å²) in [6, 6.07) is 9.70. The number of likely N-dealkylation sites (N-methyl/N-ethyl adjacent to an activating group) is 1. The molecule has 4 unspecified atom stereocenters. The molecule has 1 saturated carbocycles. The van der Waals surface area contributed by atoms with Crippen LogP contribution in [0, 0.1) is 17.8 Å². The maximum Gasteiger partial charge on any atom is 0.111 e.